The number of nitrogens with zero attached hydrogens (tertiary/aromatic N) is 1. The molecule has 0 aliphatic carbocycles. The van der Waals surface area contributed by atoms with Crippen molar-refractivity contribution in [2.75, 3.05) is 0 Å². The van der Waals surface area contributed by atoms with Gasteiger partial charge in [0.15, 0.2) is 0 Å². The van der Waals surface area contributed by atoms with Crippen LogP contribution < -0.4 is 5.73 Å². The minimum atomic E-state index is 0.432. The van der Waals surface area contributed by atoms with Crippen molar-refractivity contribution in [3.8, 4) is 0 Å². The highest BCUT2D eigenvalue weighted by Crippen LogP contribution is 2.18. The zero-order valence-corrected chi connectivity index (χ0v) is 10.3. The molecule has 2 aromatic rings. The van der Waals surface area contributed by atoms with Gasteiger partial charge in [0.25, 0.3) is 0 Å². The summed E-state index contributed by atoms with van der Waals surface area (Å²) in [6.07, 6.45) is 0. The van der Waals surface area contributed by atoms with Crippen LogP contribution >= 0.6 is 11.6 Å². The molecular weight excluding hydrogens is 232 g/mol. The lowest BCUT2D eigenvalue weighted by molar-refractivity contribution is 1.40. The molecule has 2 nitrogen and oxygen atoms in total. The van der Waals surface area contributed by atoms with Crippen molar-refractivity contribution >= 4 is 23.1 Å². The maximum atomic E-state index is 6.06. The van der Waals surface area contributed by atoms with Crippen LogP contribution in [0.1, 0.15) is 11.1 Å². The second-order valence-corrected chi connectivity index (χ2v) is 4.22. The molecule has 0 aliphatic heterocycles. The van der Waals surface area contributed by atoms with E-state index in [0.717, 1.165) is 16.8 Å². The van der Waals surface area contributed by atoms with Crippen molar-refractivity contribution in [1.29, 1.82) is 0 Å². The van der Waals surface area contributed by atoms with Gasteiger partial charge in [-0.1, -0.05) is 35.9 Å². The number of hydrogen-bond acceptors (Lipinski definition) is 1. The highest BCUT2D eigenvalue weighted by molar-refractivity contribution is 6.34. The summed E-state index contributed by atoms with van der Waals surface area (Å²) in [5.74, 6) is 0.432. The van der Waals surface area contributed by atoms with E-state index in [2.05, 4.69) is 4.99 Å². The lowest BCUT2D eigenvalue weighted by Crippen LogP contribution is -2.13. The van der Waals surface area contributed by atoms with Gasteiger partial charge in [-0.25, -0.2) is 4.99 Å². The van der Waals surface area contributed by atoms with Gasteiger partial charge in [-0.2, -0.15) is 0 Å². The first-order chi connectivity index (χ1) is 8.16. The quantitative estimate of drug-likeness (QED) is 0.635. The van der Waals surface area contributed by atoms with Crippen molar-refractivity contribution in [2.24, 2.45) is 10.7 Å². The third-order valence-corrected chi connectivity index (χ3v) is 2.73. The van der Waals surface area contributed by atoms with Crippen LogP contribution in [0.3, 0.4) is 0 Å². The van der Waals surface area contributed by atoms with E-state index in [9.17, 15) is 0 Å². The molecule has 0 amide bonds. The third kappa shape index (κ3) is 2.86. The van der Waals surface area contributed by atoms with Gasteiger partial charge >= 0.3 is 0 Å². The van der Waals surface area contributed by atoms with Gasteiger partial charge in [0, 0.05) is 5.56 Å². The second kappa shape index (κ2) is 5.02. The highest BCUT2D eigenvalue weighted by atomic mass is 35.5. The van der Waals surface area contributed by atoms with Crippen molar-refractivity contribution in [1.82, 2.24) is 0 Å². The maximum Gasteiger partial charge on any atom is 0.132 e. The fourth-order valence-corrected chi connectivity index (χ4v) is 1.80. The maximum absolute atomic E-state index is 6.06. The Kier molecular flexibility index (Phi) is 3.45. The van der Waals surface area contributed by atoms with Gasteiger partial charge in [-0.3, -0.25) is 0 Å². The summed E-state index contributed by atoms with van der Waals surface area (Å²) < 4.78 is 0. The Morgan fingerprint density at radius 1 is 1.12 bits per heavy atom. The highest BCUT2D eigenvalue weighted by Gasteiger charge is 2.03. The standard InChI is InChI=1S/C14H13ClN2/c1-10-5-4-6-11(9-10)17-14(16)12-7-2-3-8-13(12)15/h2-9H,1H3,(H2,16,17). The molecule has 0 unspecified atom stereocenters. The van der Waals surface area contributed by atoms with Crippen LogP contribution in [0.2, 0.25) is 5.02 Å². The molecule has 0 spiro atoms. The Morgan fingerprint density at radius 2 is 1.88 bits per heavy atom. The second-order valence-electron chi connectivity index (χ2n) is 3.82. The third-order valence-electron chi connectivity index (χ3n) is 2.40. The smallest absolute Gasteiger partial charge is 0.132 e. The number of aliphatic imine (C=N–C) groups is 1. The Bertz CT molecular complexity index is 562. The predicted octanol–water partition coefficient (Wildman–Crippen LogP) is 3.69. The molecule has 0 aromatic heterocycles. The van der Waals surface area contributed by atoms with Crippen LogP contribution in [0.4, 0.5) is 5.69 Å². The average Bonchev–Trinajstić information content (AvgIpc) is 2.29. The van der Waals surface area contributed by atoms with Crippen LogP contribution in [-0.2, 0) is 0 Å². The molecule has 0 radical (unpaired) electrons. The Labute approximate surface area is 106 Å². The first-order valence-corrected chi connectivity index (χ1v) is 5.70. The lowest BCUT2D eigenvalue weighted by Gasteiger charge is -2.03. The summed E-state index contributed by atoms with van der Waals surface area (Å²) in [7, 11) is 0. The van der Waals surface area contributed by atoms with Crippen molar-refractivity contribution in [2.45, 2.75) is 6.92 Å². The molecule has 2 rings (SSSR count). The number of rotatable bonds is 2. The summed E-state index contributed by atoms with van der Waals surface area (Å²) in [5, 5.41) is 0.612. The fraction of sp³-hybridized carbons (Fsp3) is 0.0714. The summed E-state index contributed by atoms with van der Waals surface area (Å²) in [6.45, 7) is 2.02. The van der Waals surface area contributed by atoms with Crippen LogP contribution in [-0.4, -0.2) is 5.84 Å². The van der Waals surface area contributed by atoms with Crippen LogP contribution in [0, 0.1) is 6.92 Å². The Hall–Kier alpha value is -1.80. The minimum absolute atomic E-state index is 0.432. The molecule has 2 aromatic carbocycles. The first-order valence-electron chi connectivity index (χ1n) is 5.32. The van der Waals surface area contributed by atoms with E-state index in [4.69, 9.17) is 17.3 Å². The number of nitrogens with two attached hydrogens (primary N) is 1. The molecule has 17 heavy (non-hydrogen) atoms. The minimum Gasteiger partial charge on any atom is -0.383 e. The Morgan fingerprint density at radius 3 is 2.59 bits per heavy atom. The van der Waals surface area contributed by atoms with Gasteiger partial charge in [-0.15, -0.1) is 0 Å². The summed E-state index contributed by atoms with van der Waals surface area (Å²) in [6, 6.07) is 15.3. The molecule has 0 bridgehead atoms. The molecule has 0 saturated heterocycles. The van der Waals surface area contributed by atoms with E-state index in [1.165, 1.54) is 0 Å². The number of amidine groups is 1. The van der Waals surface area contributed by atoms with E-state index in [1.54, 1.807) is 6.07 Å². The zero-order chi connectivity index (χ0) is 12.3. The zero-order valence-electron chi connectivity index (χ0n) is 9.52. The van der Waals surface area contributed by atoms with Gasteiger partial charge in [0.05, 0.1) is 10.7 Å². The van der Waals surface area contributed by atoms with E-state index in [0.29, 0.717) is 10.9 Å². The first kappa shape index (κ1) is 11.7. The SMILES string of the molecule is Cc1cccc(N=C(N)c2ccccc2Cl)c1. The molecule has 2 N–H and O–H groups in total. The van der Waals surface area contributed by atoms with E-state index < -0.39 is 0 Å². The molecule has 3 heteroatoms. The van der Waals surface area contributed by atoms with E-state index in [-0.39, 0.29) is 0 Å². The molecule has 0 aliphatic rings. The van der Waals surface area contributed by atoms with Crippen molar-refractivity contribution in [3.05, 3.63) is 64.7 Å². The van der Waals surface area contributed by atoms with Crippen molar-refractivity contribution < 1.29 is 0 Å². The lowest BCUT2D eigenvalue weighted by atomic mass is 10.2. The molecule has 0 heterocycles. The molecule has 0 saturated carbocycles. The Balaban J connectivity index is 2.38. The molecule has 0 fully saturated rings. The molecule has 0 atom stereocenters. The number of benzene rings is 2. The number of aryl methyl sites for hydroxylation is 1. The van der Waals surface area contributed by atoms with Gasteiger partial charge in [-0.05, 0) is 36.8 Å². The summed E-state index contributed by atoms with van der Waals surface area (Å²) in [4.78, 5) is 4.36. The van der Waals surface area contributed by atoms with E-state index >= 15 is 0 Å². The van der Waals surface area contributed by atoms with Crippen LogP contribution in [0.5, 0.6) is 0 Å². The molecule has 86 valence electrons. The van der Waals surface area contributed by atoms with Gasteiger partial charge in [0.1, 0.15) is 5.84 Å². The molecular formula is C14H13ClN2. The summed E-state index contributed by atoms with van der Waals surface area (Å²) in [5.41, 5.74) is 8.69. The van der Waals surface area contributed by atoms with Crippen LogP contribution in [0.25, 0.3) is 0 Å². The normalized spacial score (nSPS) is 11.5. The van der Waals surface area contributed by atoms with Crippen molar-refractivity contribution in [3.63, 3.8) is 0 Å². The largest absolute Gasteiger partial charge is 0.383 e. The topological polar surface area (TPSA) is 38.4 Å². The monoisotopic (exact) mass is 244 g/mol. The number of halogens is 1. The van der Waals surface area contributed by atoms with Gasteiger partial charge < -0.3 is 5.73 Å². The predicted molar refractivity (Wildman–Crippen MR) is 73.0 cm³/mol. The summed E-state index contributed by atoms with van der Waals surface area (Å²) >= 11 is 6.06. The number of hydrogen-bond donors (Lipinski definition) is 1. The van der Waals surface area contributed by atoms with Crippen LogP contribution in [0.15, 0.2) is 53.5 Å². The average molecular weight is 245 g/mol. The fourth-order valence-electron chi connectivity index (χ4n) is 1.57. The van der Waals surface area contributed by atoms with Gasteiger partial charge in [0.2, 0.25) is 0 Å². The van der Waals surface area contributed by atoms with E-state index in [1.807, 2.05) is 49.4 Å².